The molecule has 4 aromatic rings. The Hall–Kier alpha value is -3.91. The van der Waals surface area contributed by atoms with E-state index in [9.17, 15) is 9.18 Å². The van der Waals surface area contributed by atoms with Crippen molar-refractivity contribution in [2.24, 2.45) is 0 Å². The van der Waals surface area contributed by atoms with Crippen LogP contribution >= 0.6 is 0 Å². The lowest BCUT2D eigenvalue weighted by molar-refractivity contribution is -0.133. The zero-order valence-electron chi connectivity index (χ0n) is 18.7. The van der Waals surface area contributed by atoms with Crippen LogP contribution in [0, 0.1) is 5.82 Å². The first-order valence-electron chi connectivity index (χ1n) is 11.3. The van der Waals surface area contributed by atoms with Gasteiger partial charge in [0, 0.05) is 26.2 Å². The van der Waals surface area contributed by atoms with Crippen LogP contribution in [0.3, 0.4) is 0 Å². The molecule has 172 valence electrons. The molecule has 1 aliphatic rings. The summed E-state index contributed by atoms with van der Waals surface area (Å²) in [6.45, 7) is 3.25. The zero-order valence-corrected chi connectivity index (χ0v) is 18.7. The number of carbonyl (C=O) groups is 1. The Bertz CT molecular complexity index is 1180. The van der Waals surface area contributed by atoms with E-state index in [1.807, 2.05) is 65.6 Å². The van der Waals surface area contributed by atoms with Crippen molar-refractivity contribution in [1.82, 2.24) is 30.0 Å². The summed E-state index contributed by atoms with van der Waals surface area (Å²) in [6.07, 6.45) is 0. The van der Waals surface area contributed by atoms with Crippen LogP contribution in [0.4, 0.5) is 4.39 Å². The first-order chi connectivity index (χ1) is 16.7. The van der Waals surface area contributed by atoms with E-state index in [0.29, 0.717) is 31.1 Å². The quantitative estimate of drug-likeness (QED) is 0.446. The molecule has 1 aliphatic heterocycles. The van der Waals surface area contributed by atoms with E-state index >= 15 is 0 Å². The van der Waals surface area contributed by atoms with Gasteiger partial charge in [-0.25, -0.2) is 4.39 Å². The summed E-state index contributed by atoms with van der Waals surface area (Å²) in [6, 6.07) is 26.0. The molecule has 1 saturated heterocycles. The Labute approximate surface area is 197 Å². The molecule has 0 radical (unpaired) electrons. The maximum absolute atomic E-state index is 13.6. The average Bonchev–Trinajstić information content (AvgIpc) is 3.34. The molecule has 0 saturated carbocycles. The molecular weight excluding hydrogens is 431 g/mol. The minimum Gasteiger partial charge on any atom is -0.339 e. The van der Waals surface area contributed by atoms with Crippen LogP contribution in [0.15, 0.2) is 84.9 Å². The van der Waals surface area contributed by atoms with Crippen molar-refractivity contribution < 1.29 is 9.18 Å². The summed E-state index contributed by atoms with van der Waals surface area (Å²) < 4.78 is 14.9. The van der Waals surface area contributed by atoms with E-state index in [1.165, 1.54) is 12.1 Å². The second kappa shape index (κ2) is 9.93. The maximum atomic E-state index is 13.6. The molecule has 7 nitrogen and oxygen atoms in total. The normalized spacial score (nSPS) is 14.5. The number of hydrogen-bond acceptors (Lipinski definition) is 5. The van der Waals surface area contributed by atoms with Crippen LogP contribution in [0.2, 0.25) is 0 Å². The lowest BCUT2D eigenvalue weighted by Crippen LogP contribution is -2.49. The number of aromatic nitrogens is 4. The van der Waals surface area contributed by atoms with Crippen LogP contribution in [-0.4, -0.2) is 62.1 Å². The second-order valence-electron chi connectivity index (χ2n) is 8.34. The number of benzene rings is 3. The van der Waals surface area contributed by atoms with E-state index in [0.717, 1.165) is 24.2 Å². The van der Waals surface area contributed by atoms with Gasteiger partial charge >= 0.3 is 0 Å². The van der Waals surface area contributed by atoms with Gasteiger partial charge in [0.05, 0.1) is 18.2 Å². The van der Waals surface area contributed by atoms with E-state index in [1.54, 1.807) is 16.8 Å². The van der Waals surface area contributed by atoms with E-state index < -0.39 is 0 Å². The van der Waals surface area contributed by atoms with E-state index in [2.05, 4.69) is 20.4 Å². The van der Waals surface area contributed by atoms with Gasteiger partial charge in [-0.1, -0.05) is 60.7 Å². The maximum Gasteiger partial charge on any atom is 0.234 e. The van der Waals surface area contributed by atoms with Crippen molar-refractivity contribution in [1.29, 1.82) is 0 Å². The fraction of sp³-hybridized carbons (Fsp3) is 0.231. The number of amides is 1. The van der Waals surface area contributed by atoms with Gasteiger partial charge in [-0.05, 0) is 45.8 Å². The Morgan fingerprint density at radius 3 is 2.00 bits per heavy atom. The topological polar surface area (TPSA) is 67.2 Å². The highest BCUT2D eigenvalue weighted by molar-refractivity contribution is 5.87. The first kappa shape index (κ1) is 21.9. The number of tetrazole rings is 1. The predicted molar refractivity (Wildman–Crippen MR) is 126 cm³/mol. The number of halogens is 1. The summed E-state index contributed by atoms with van der Waals surface area (Å²) in [5.74, 6) is 0.175. The largest absolute Gasteiger partial charge is 0.339 e. The lowest BCUT2D eigenvalue weighted by atomic mass is 9.90. The summed E-state index contributed by atoms with van der Waals surface area (Å²) in [7, 11) is 0. The summed E-state index contributed by atoms with van der Waals surface area (Å²) >= 11 is 0. The average molecular weight is 457 g/mol. The number of piperazine rings is 1. The standard InChI is InChI=1S/C26H25FN6O/c27-22-11-13-23(14-12-22)33-24(28-29-30-33)19-31-15-17-32(18-16-31)26(34)25(20-7-3-1-4-8-20)21-9-5-2-6-10-21/h1-14,25H,15-19H2. The van der Waals surface area contributed by atoms with Crippen LogP contribution in [-0.2, 0) is 11.3 Å². The molecule has 1 aromatic heterocycles. The highest BCUT2D eigenvalue weighted by Gasteiger charge is 2.30. The van der Waals surface area contributed by atoms with Crippen LogP contribution in [0.25, 0.3) is 5.69 Å². The lowest BCUT2D eigenvalue weighted by Gasteiger charge is -2.36. The molecule has 3 aromatic carbocycles. The second-order valence-corrected chi connectivity index (χ2v) is 8.34. The van der Waals surface area contributed by atoms with Crippen molar-refractivity contribution in [3.8, 4) is 5.69 Å². The van der Waals surface area contributed by atoms with Crippen molar-refractivity contribution >= 4 is 5.91 Å². The minimum atomic E-state index is -0.320. The van der Waals surface area contributed by atoms with Crippen LogP contribution in [0.1, 0.15) is 22.9 Å². The third-order valence-corrected chi connectivity index (χ3v) is 6.17. The molecule has 0 aliphatic carbocycles. The number of rotatable bonds is 6. The van der Waals surface area contributed by atoms with Crippen molar-refractivity contribution in [3.63, 3.8) is 0 Å². The molecule has 1 fully saturated rings. The number of nitrogens with zero attached hydrogens (tertiary/aromatic N) is 6. The summed E-state index contributed by atoms with van der Waals surface area (Å²) in [4.78, 5) is 17.8. The highest BCUT2D eigenvalue weighted by atomic mass is 19.1. The van der Waals surface area contributed by atoms with Gasteiger partial charge in [0.25, 0.3) is 0 Å². The fourth-order valence-electron chi connectivity index (χ4n) is 4.36. The molecule has 5 rings (SSSR count). The molecule has 34 heavy (non-hydrogen) atoms. The molecule has 1 amide bonds. The van der Waals surface area contributed by atoms with Crippen LogP contribution < -0.4 is 0 Å². The van der Waals surface area contributed by atoms with E-state index in [-0.39, 0.29) is 17.6 Å². The predicted octanol–water partition coefficient (Wildman–Crippen LogP) is 3.28. The fourth-order valence-corrected chi connectivity index (χ4v) is 4.36. The number of hydrogen-bond donors (Lipinski definition) is 0. The van der Waals surface area contributed by atoms with Gasteiger partial charge in [-0.15, -0.1) is 5.10 Å². The molecule has 2 heterocycles. The van der Waals surface area contributed by atoms with Gasteiger partial charge in [0.1, 0.15) is 5.82 Å². The Morgan fingerprint density at radius 2 is 1.41 bits per heavy atom. The molecule has 0 unspecified atom stereocenters. The molecule has 0 spiro atoms. The Morgan fingerprint density at radius 1 is 0.824 bits per heavy atom. The van der Waals surface area contributed by atoms with Gasteiger partial charge in [-0.2, -0.15) is 4.68 Å². The molecule has 0 bridgehead atoms. The third-order valence-electron chi connectivity index (χ3n) is 6.17. The van der Waals surface area contributed by atoms with Gasteiger partial charge in [0.2, 0.25) is 5.91 Å². The SMILES string of the molecule is O=C(C(c1ccccc1)c1ccccc1)N1CCN(Cc2nnnn2-c2ccc(F)cc2)CC1. The smallest absolute Gasteiger partial charge is 0.234 e. The number of carbonyl (C=O) groups excluding carboxylic acids is 1. The van der Waals surface area contributed by atoms with Gasteiger partial charge < -0.3 is 4.90 Å². The zero-order chi connectivity index (χ0) is 23.3. The summed E-state index contributed by atoms with van der Waals surface area (Å²) in [5, 5.41) is 12.0. The van der Waals surface area contributed by atoms with Gasteiger partial charge in [0.15, 0.2) is 5.82 Å². The Kier molecular flexibility index (Phi) is 6.40. The summed E-state index contributed by atoms with van der Waals surface area (Å²) in [5.41, 5.74) is 2.71. The molecular formula is C26H25FN6O. The third kappa shape index (κ3) is 4.72. The van der Waals surface area contributed by atoms with Crippen molar-refractivity contribution in [3.05, 3.63) is 108 Å². The van der Waals surface area contributed by atoms with Crippen LogP contribution in [0.5, 0.6) is 0 Å². The Balaban J connectivity index is 1.27. The monoisotopic (exact) mass is 456 g/mol. The van der Waals surface area contributed by atoms with Crippen molar-refractivity contribution in [2.75, 3.05) is 26.2 Å². The minimum absolute atomic E-state index is 0.119. The first-order valence-corrected chi connectivity index (χ1v) is 11.3. The van der Waals surface area contributed by atoms with E-state index in [4.69, 9.17) is 0 Å². The molecule has 8 heteroatoms. The van der Waals surface area contributed by atoms with Gasteiger partial charge in [-0.3, -0.25) is 9.69 Å². The highest BCUT2D eigenvalue weighted by Crippen LogP contribution is 2.27. The molecule has 0 N–H and O–H groups in total. The van der Waals surface area contributed by atoms with Crippen molar-refractivity contribution in [2.45, 2.75) is 12.5 Å². The molecule has 0 atom stereocenters.